The fraction of sp³-hybridized carbons (Fsp3) is 0.391. The molecule has 33 heavy (non-hydrogen) atoms. The van der Waals surface area contributed by atoms with Gasteiger partial charge < -0.3 is 15.0 Å². The van der Waals surface area contributed by atoms with Crippen LogP contribution in [0.3, 0.4) is 0 Å². The van der Waals surface area contributed by atoms with Gasteiger partial charge in [0.15, 0.2) is 0 Å². The van der Waals surface area contributed by atoms with Gasteiger partial charge in [0, 0.05) is 31.6 Å². The number of amides is 2. The maximum Gasteiger partial charge on any atom is 0.242 e. The summed E-state index contributed by atoms with van der Waals surface area (Å²) in [6, 6.07) is 13.0. The van der Waals surface area contributed by atoms with Crippen molar-refractivity contribution >= 4 is 39.1 Å². The predicted molar refractivity (Wildman–Crippen MR) is 130 cm³/mol. The summed E-state index contributed by atoms with van der Waals surface area (Å²) in [4.78, 5) is 26.8. The van der Waals surface area contributed by atoms with Crippen LogP contribution in [-0.2, 0) is 26.2 Å². The molecule has 2 aromatic carbocycles. The van der Waals surface area contributed by atoms with Crippen molar-refractivity contribution in [1.29, 1.82) is 0 Å². The highest BCUT2D eigenvalue weighted by Gasteiger charge is 2.26. The zero-order chi connectivity index (χ0) is 24.6. The topological polar surface area (TPSA) is 96.0 Å². The molecule has 0 saturated heterocycles. The molecule has 0 heterocycles. The van der Waals surface area contributed by atoms with Crippen molar-refractivity contribution in [2.24, 2.45) is 0 Å². The number of halogens is 1. The number of benzene rings is 2. The summed E-state index contributed by atoms with van der Waals surface area (Å²) in [6.07, 6.45) is 1.49. The van der Waals surface area contributed by atoms with Gasteiger partial charge in [-0.05, 0) is 55.3 Å². The zero-order valence-corrected chi connectivity index (χ0v) is 20.8. The summed E-state index contributed by atoms with van der Waals surface area (Å²) in [5, 5.41) is 3.15. The van der Waals surface area contributed by atoms with Gasteiger partial charge in [0.1, 0.15) is 11.8 Å². The summed E-state index contributed by atoms with van der Waals surface area (Å²) in [5.74, 6) is 0.0842. The highest BCUT2D eigenvalue weighted by atomic mass is 35.5. The van der Waals surface area contributed by atoms with E-state index in [2.05, 4.69) is 5.32 Å². The third-order valence-electron chi connectivity index (χ3n) is 5.19. The van der Waals surface area contributed by atoms with Crippen LogP contribution < -0.4 is 14.4 Å². The lowest BCUT2D eigenvalue weighted by Gasteiger charge is -2.29. The normalized spacial score (nSPS) is 12.0. The average Bonchev–Trinajstić information content (AvgIpc) is 2.79. The summed E-state index contributed by atoms with van der Waals surface area (Å²) >= 11 is 5.94. The second kappa shape index (κ2) is 11.9. The molecular weight excluding hydrogens is 466 g/mol. The fourth-order valence-corrected chi connectivity index (χ4v) is 4.42. The minimum Gasteiger partial charge on any atom is -0.497 e. The molecule has 1 N–H and O–H groups in total. The molecule has 0 bridgehead atoms. The maximum absolute atomic E-state index is 13.1. The van der Waals surface area contributed by atoms with Gasteiger partial charge in [-0.3, -0.25) is 13.9 Å². The molecule has 0 aliphatic carbocycles. The molecule has 2 amide bonds. The van der Waals surface area contributed by atoms with Crippen LogP contribution in [-0.4, -0.2) is 58.1 Å². The van der Waals surface area contributed by atoms with E-state index >= 15 is 0 Å². The van der Waals surface area contributed by atoms with Crippen molar-refractivity contribution < 1.29 is 22.7 Å². The second-order valence-corrected chi connectivity index (χ2v) is 9.92. The number of sulfonamides is 1. The van der Waals surface area contributed by atoms with E-state index < -0.39 is 16.1 Å². The van der Waals surface area contributed by atoms with Crippen LogP contribution in [0.4, 0.5) is 5.69 Å². The van der Waals surface area contributed by atoms with Crippen molar-refractivity contribution in [3.05, 3.63) is 59.1 Å². The molecule has 1 atom stereocenters. The molecule has 0 fully saturated rings. The Hall–Kier alpha value is -2.78. The zero-order valence-electron chi connectivity index (χ0n) is 19.2. The smallest absolute Gasteiger partial charge is 0.242 e. The van der Waals surface area contributed by atoms with Gasteiger partial charge in [-0.2, -0.15) is 0 Å². The SMILES string of the molecule is CNC(=O)[C@H](C)N(Cc1ccc(Cl)cc1)C(=O)CCCN(c1ccc(OC)cc1)S(C)(=O)=O. The van der Waals surface area contributed by atoms with Crippen LogP contribution in [0, 0.1) is 0 Å². The molecule has 0 aliphatic rings. The maximum atomic E-state index is 13.1. The third-order valence-corrected chi connectivity index (χ3v) is 6.64. The number of anilines is 1. The first kappa shape index (κ1) is 26.5. The van der Waals surface area contributed by atoms with Crippen LogP contribution in [0.15, 0.2) is 48.5 Å². The number of hydrogen-bond donors (Lipinski definition) is 1. The summed E-state index contributed by atoms with van der Waals surface area (Å²) < 4.78 is 31.1. The largest absolute Gasteiger partial charge is 0.497 e. The minimum atomic E-state index is -3.55. The average molecular weight is 496 g/mol. The van der Waals surface area contributed by atoms with Crippen LogP contribution in [0.2, 0.25) is 5.02 Å². The number of ether oxygens (including phenoxy) is 1. The van der Waals surface area contributed by atoms with Crippen LogP contribution >= 0.6 is 11.6 Å². The lowest BCUT2D eigenvalue weighted by atomic mass is 10.1. The lowest BCUT2D eigenvalue weighted by Crippen LogP contribution is -2.46. The van der Waals surface area contributed by atoms with Gasteiger partial charge >= 0.3 is 0 Å². The molecule has 0 unspecified atom stereocenters. The molecule has 0 aliphatic heterocycles. The standard InChI is InChI=1S/C23H30ClN3O5S/c1-17(23(29)25-2)26(16-18-7-9-19(24)10-8-18)22(28)6-5-15-27(33(4,30)31)20-11-13-21(32-3)14-12-20/h7-14,17H,5-6,15-16H2,1-4H3,(H,25,29)/t17-/m0/s1. The Bertz CT molecular complexity index is 1040. The van der Waals surface area contributed by atoms with Crippen LogP contribution in [0.5, 0.6) is 5.75 Å². The van der Waals surface area contributed by atoms with Gasteiger partial charge in [0.25, 0.3) is 0 Å². The fourth-order valence-electron chi connectivity index (χ4n) is 3.33. The number of likely N-dealkylation sites (N-methyl/N-ethyl adjacent to an activating group) is 1. The number of nitrogens with zero attached hydrogens (tertiary/aromatic N) is 2. The van der Waals surface area contributed by atoms with Gasteiger partial charge in [-0.15, -0.1) is 0 Å². The van der Waals surface area contributed by atoms with Gasteiger partial charge in [-0.25, -0.2) is 8.42 Å². The van der Waals surface area contributed by atoms with Crippen LogP contribution in [0.25, 0.3) is 0 Å². The molecule has 2 aromatic rings. The Morgan fingerprint density at radius 1 is 1.09 bits per heavy atom. The number of nitrogens with one attached hydrogen (secondary N) is 1. The Morgan fingerprint density at radius 3 is 2.21 bits per heavy atom. The summed E-state index contributed by atoms with van der Waals surface area (Å²) in [5.41, 5.74) is 1.32. The van der Waals surface area contributed by atoms with E-state index in [-0.39, 0.29) is 37.7 Å². The summed E-state index contributed by atoms with van der Waals surface area (Å²) in [7, 11) is -0.502. The van der Waals surface area contributed by atoms with Gasteiger partial charge in [0.2, 0.25) is 21.8 Å². The molecule has 180 valence electrons. The molecule has 0 radical (unpaired) electrons. The van der Waals surface area contributed by atoms with E-state index in [1.807, 2.05) is 0 Å². The molecule has 0 spiro atoms. The van der Waals surface area contributed by atoms with Gasteiger partial charge in [-0.1, -0.05) is 23.7 Å². The molecule has 0 saturated carbocycles. The predicted octanol–water partition coefficient (Wildman–Crippen LogP) is 3.06. The molecule has 8 nitrogen and oxygen atoms in total. The Balaban J connectivity index is 2.12. The number of carbonyl (C=O) groups excluding carboxylic acids is 2. The van der Waals surface area contributed by atoms with E-state index in [1.54, 1.807) is 55.5 Å². The number of methoxy groups -OCH3 is 1. The van der Waals surface area contributed by atoms with E-state index in [0.29, 0.717) is 16.5 Å². The van der Waals surface area contributed by atoms with Crippen molar-refractivity contribution in [3.63, 3.8) is 0 Å². The van der Waals surface area contributed by atoms with Crippen molar-refractivity contribution in [1.82, 2.24) is 10.2 Å². The quantitative estimate of drug-likeness (QED) is 0.517. The van der Waals surface area contributed by atoms with E-state index in [1.165, 1.54) is 23.4 Å². The number of hydrogen-bond acceptors (Lipinski definition) is 5. The first-order valence-corrected chi connectivity index (χ1v) is 12.7. The van der Waals surface area contributed by atoms with E-state index in [9.17, 15) is 18.0 Å². The van der Waals surface area contributed by atoms with E-state index in [0.717, 1.165) is 11.8 Å². The molecule has 10 heteroatoms. The lowest BCUT2D eigenvalue weighted by molar-refractivity contribution is -0.140. The monoisotopic (exact) mass is 495 g/mol. The van der Waals surface area contributed by atoms with Crippen LogP contribution in [0.1, 0.15) is 25.3 Å². The Kier molecular flexibility index (Phi) is 9.55. The minimum absolute atomic E-state index is 0.0805. The number of rotatable bonds is 11. The number of carbonyl (C=O) groups is 2. The molecule has 0 aromatic heterocycles. The van der Waals surface area contributed by atoms with Gasteiger partial charge in [0.05, 0.1) is 19.1 Å². The Labute approximate surface area is 200 Å². The highest BCUT2D eigenvalue weighted by Crippen LogP contribution is 2.22. The van der Waals surface area contributed by atoms with Crippen molar-refractivity contribution in [2.75, 3.05) is 31.3 Å². The van der Waals surface area contributed by atoms with E-state index in [4.69, 9.17) is 16.3 Å². The molecular formula is C23H30ClN3O5S. The highest BCUT2D eigenvalue weighted by molar-refractivity contribution is 7.92. The summed E-state index contributed by atoms with van der Waals surface area (Å²) in [6.45, 7) is 2.02. The second-order valence-electron chi connectivity index (χ2n) is 7.58. The third kappa shape index (κ3) is 7.64. The Morgan fingerprint density at radius 2 is 1.70 bits per heavy atom. The first-order valence-electron chi connectivity index (χ1n) is 10.4. The van der Waals surface area contributed by atoms with Crippen molar-refractivity contribution in [2.45, 2.75) is 32.4 Å². The van der Waals surface area contributed by atoms with Crippen molar-refractivity contribution in [3.8, 4) is 5.75 Å². The first-order chi connectivity index (χ1) is 15.6. The molecule has 2 rings (SSSR count).